The van der Waals surface area contributed by atoms with E-state index in [2.05, 4.69) is 5.10 Å². The van der Waals surface area contributed by atoms with Gasteiger partial charge in [0, 0.05) is 17.2 Å². The predicted octanol–water partition coefficient (Wildman–Crippen LogP) is 2.41. The first kappa shape index (κ1) is 18.7. The van der Waals surface area contributed by atoms with E-state index in [1.165, 1.54) is 11.8 Å². The molecule has 0 spiro atoms. The van der Waals surface area contributed by atoms with Crippen molar-refractivity contribution in [3.63, 3.8) is 0 Å². The van der Waals surface area contributed by atoms with Crippen LogP contribution in [0, 0.1) is 13.8 Å². The summed E-state index contributed by atoms with van der Waals surface area (Å²) in [6, 6.07) is 15.9. The van der Waals surface area contributed by atoms with Crippen LogP contribution in [0.3, 0.4) is 0 Å². The van der Waals surface area contributed by atoms with E-state index >= 15 is 0 Å². The maximum atomic E-state index is 13.2. The van der Waals surface area contributed by atoms with Gasteiger partial charge in [-0.15, -0.1) is 0 Å². The minimum Gasteiger partial charge on any atom is -0.468 e. The molecule has 0 saturated carbocycles. The molecule has 6 nitrogen and oxygen atoms in total. The lowest BCUT2D eigenvalue weighted by Crippen LogP contribution is -2.40. The normalized spacial score (nSPS) is 13.2. The van der Waals surface area contributed by atoms with Gasteiger partial charge in [0.2, 0.25) is 0 Å². The summed E-state index contributed by atoms with van der Waals surface area (Å²) >= 11 is 0. The fraction of sp³-hybridized carbons (Fsp3) is 0.238. The fourth-order valence-electron chi connectivity index (χ4n) is 3.28. The van der Waals surface area contributed by atoms with Crippen molar-refractivity contribution >= 4 is 5.97 Å². The average Bonchev–Trinajstić information content (AvgIpc) is 2.98. The molecule has 3 rings (SSSR count). The second-order valence-electron chi connectivity index (χ2n) is 6.56. The second-order valence-corrected chi connectivity index (χ2v) is 6.56. The number of aromatic nitrogens is 2. The molecular formula is C21H23N3O3. The molecule has 1 heterocycles. The molecule has 0 bridgehead atoms. The highest BCUT2D eigenvalue weighted by Crippen LogP contribution is 2.28. The third-order valence-corrected chi connectivity index (χ3v) is 4.71. The molecule has 2 aromatic carbocycles. The zero-order valence-electron chi connectivity index (χ0n) is 15.6. The molecule has 27 heavy (non-hydrogen) atoms. The number of carbonyl (C=O) groups is 1. The van der Waals surface area contributed by atoms with Crippen LogP contribution in [0.25, 0.3) is 5.69 Å². The van der Waals surface area contributed by atoms with Crippen LogP contribution in [-0.4, -0.2) is 28.9 Å². The Bertz CT molecular complexity index is 988. The molecule has 2 atom stereocenters. The van der Waals surface area contributed by atoms with Crippen LogP contribution < -0.4 is 11.3 Å². The standard InChI is InChI=1S/C21H23N3O3/c1-13-9-11-15(12-10-13)18(19(22)21(26)27-3)17-14(2)23-24(20(17)25)16-7-5-4-6-8-16/h4-12,18-19,23H,22H2,1-3H3/t18-,19+/m1/s1. The summed E-state index contributed by atoms with van der Waals surface area (Å²) in [6.07, 6.45) is 0. The number of methoxy groups -OCH3 is 1. The number of nitrogens with zero attached hydrogens (tertiary/aromatic N) is 1. The van der Waals surface area contributed by atoms with Crippen molar-refractivity contribution in [3.8, 4) is 5.69 Å². The van der Waals surface area contributed by atoms with E-state index < -0.39 is 17.9 Å². The van der Waals surface area contributed by atoms with Gasteiger partial charge < -0.3 is 10.5 Å². The smallest absolute Gasteiger partial charge is 0.323 e. The van der Waals surface area contributed by atoms with Crippen LogP contribution in [0.2, 0.25) is 0 Å². The number of aryl methyl sites for hydroxylation is 2. The number of hydrogen-bond donors (Lipinski definition) is 2. The minimum atomic E-state index is -0.996. The van der Waals surface area contributed by atoms with Crippen molar-refractivity contribution in [1.29, 1.82) is 0 Å². The SMILES string of the molecule is COC(=O)[C@@H](N)[C@H](c1ccc(C)cc1)c1c(C)[nH]n(-c2ccccc2)c1=O. The summed E-state index contributed by atoms with van der Waals surface area (Å²) in [5.74, 6) is -1.18. The molecule has 0 aliphatic carbocycles. The lowest BCUT2D eigenvalue weighted by Gasteiger charge is -2.22. The molecule has 0 saturated heterocycles. The minimum absolute atomic E-state index is 0.233. The number of H-pyrrole nitrogens is 1. The number of hydrogen-bond acceptors (Lipinski definition) is 4. The molecule has 0 unspecified atom stereocenters. The van der Waals surface area contributed by atoms with Gasteiger partial charge in [-0.05, 0) is 31.5 Å². The molecule has 3 N–H and O–H groups in total. The first-order valence-corrected chi connectivity index (χ1v) is 8.71. The highest BCUT2D eigenvalue weighted by Gasteiger charge is 2.33. The Balaban J connectivity index is 2.18. The number of nitrogens with two attached hydrogens (primary N) is 1. The average molecular weight is 365 g/mol. The number of ether oxygens (including phenoxy) is 1. The van der Waals surface area contributed by atoms with Gasteiger partial charge in [-0.3, -0.25) is 14.7 Å². The summed E-state index contributed by atoms with van der Waals surface area (Å²) in [6.45, 7) is 3.78. The van der Waals surface area contributed by atoms with Crippen LogP contribution in [0.4, 0.5) is 0 Å². The van der Waals surface area contributed by atoms with Crippen molar-refractivity contribution in [1.82, 2.24) is 9.78 Å². The van der Waals surface area contributed by atoms with Crippen LogP contribution >= 0.6 is 0 Å². The zero-order valence-corrected chi connectivity index (χ0v) is 15.6. The van der Waals surface area contributed by atoms with Gasteiger partial charge in [-0.25, -0.2) is 4.68 Å². The number of benzene rings is 2. The van der Waals surface area contributed by atoms with E-state index in [-0.39, 0.29) is 5.56 Å². The topological polar surface area (TPSA) is 90.1 Å². The molecule has 0 aliphatic rings. The summed E-state index contributed by atoms with van der Waals surface area (Å²) in [5, 5.41) is 3.10. The van der Waals surface area contributed by atoms with Gasteiger partial charge in [0.25, 0.3) is 5.56 Å². The highest BCUT2D eigenvalue weighted by molar-refractivity contribution is 5.77. The van der Waals surface area contributed by atoms with E-state index in [9.17, 15) is 9.59 Å². The highest BCUT2D eigenvalue weighted by atomic mass is 16.5. The van der Waals surface area contributed by atoms with E-state index in [0.29, 0.717) is 16.9 Å². The van der Waals surface area contributed by atoms with Crippen LogP contribution in [0.15, 0.2) is 59.4 Å². The molecule has 140 valence electrons. The van der Waals surface area contributed by atoms with Gasteiger partial charge in [0.05, 0.1) is 12.8 Å². The van der Waals surface area contributed by atoms with Crippen molar-refractivity contribution < 1.29 is 9.53 Å². The van der Waals surface area contributed by atoms with E-state index in [1.54, 1.807) is 6.92 Å². The fourth-order valence-corrected chi connectivity index (χ4v) is 3.28. The van der Waals surface area contributed by atoms with Gasteiger partial charge in [-0.1, -0.05) is 48.0 Å². The molecule has 3 aromatic rings. The summed E-state index contributed by atoms with van der Waals surface area (Å²) in [5.41, 5.74) is 9.69. The first-order chi connectivity index (χ1) is 12.9. The second kappa shape index (κ2) is 7.63. The Labute approximate surface area is 157 Å². The van der Waals surface area contributed by atoms with E-state index in [4.69, 9.17) is 10.5 Å². The molecule has 0 radical (unpaired) electrons. The molecule has 1 aromatic heterocycles. The van der Waals surface area contributed by atoms with Crippen molar-refractivity contribution in [2.45, 2.75) is 25.8 Å². The first-order valence-electron chi connectivity index (χ1n) is 8.71. The summed E-state index contributed by atoms with van der Waals surface area (Å²) in [7, 11) is 1.29. The number of esters is 1. The largest absolute Gasteiger partial charge is 0.468 e. The van der Waals surface area contributed by atoms with E-state index in [0.717, 1.165) is 11.1 Å². The Morgan fingerprint density at radius 3 is 2.30 bits per heavy atom. The van der Waals surface area contributed by atoms with Crippen molar-refractivity contribution in [2.24, 2.45) is 5.73 Å². The Morgan fingerprint density at radius 2 is 1.70 bits per heavy atom. The molecule has 0 aliphatic heterocycles. The molecule has 0 amide bonds. The summed E-state index contributed by atoms with van der Waals surface area (Å²) < 4.78 is 6.32. The quantitative estimate of drug-likeness (QED) is 0.680. The number of carbonyl (C=O) groups excluding carboxylic acids is 1. The molecule has 0 fully saturated rings. The van der Waals surface area contributed by atoms with Gasteiger partial charge in [0.15, 0.2) is 0 Å². The zero-order chi connectivity index (χ0) is 19.6. The number of nitrogens with one attached hydrogen (secondary N) is 1. The summed E-state index contributed by atoms with van der Waals surface area (Å²) in [4.78, 5) is 25.4. The number of rotatable bonds is 5. The maximum Gasteiger partial charge on any atom is 0.323 e. The third-order valence-electron chi connectivity index (χ3n) is 4.71. The van der Waals surface area contributed by atoms with Gasteiger partial charge >= 0.3 is 5.97 Å². The van der Waals surface area contributed by atoms with Gasteiger partial charge in [-0.2, -0.15) is 0 Å². The molecular weight excluding hydrogens is 342 g/mol. The van der Waals surface area contributed by atoms with Crippen LogP contribution in [0.5, 0.6) is 0 Å². The Hall–Kier alpha value is -3.12. The maximum absolute atomic E-state index is 13.2. The number of para-hydroxylation sites is 1. The van der Waals surface area contributed by atoms with Crippen LogP contribution in [0.1, 0.15) is 28.3 Å². The third kappa shape index (κ3) is 3.57. The van der Waals surface area contributed by atoms with Crippen LogP contribution in [-0.2, 0) is 9.53 Å². The Morgan fingerprint density at radius 1 is 1.07 bits per heavy atom. The number of aromatic amines is 1. The van der Waals surface area contributed by atoms with Crippen molar-refractivity contribution in [2.75, 3.05) is 7.11 Å². The predicted molar refractivity (Wildman–Crippen MR) is 104 cm³/mol. The van der Waals surface area contributed by atoms with Crippen molar-refractivity contribution in [3.05, 3.63) is 87.3 Å². The lowest BCUT2D eigenvalue weighted by atomic mass is 9.85. The molecule has 6 heteroatoms. The monoisotopic (exact) mass is 365 g/mol. The lowest BCUT2D eigenvalue weighted by molar-refractivity contribution is -0.142. The van der Waals surface area contributed by atoms with Gasteiger partial charge in [0.1, 0.15) is 6.04 Å². The Kier molecular flexibility index (Phi) is 5.28. The van der Waals surface area contributed by atoms with E-state index in [1.807, 2.05) is 61.5 Å².